The molecule has 0 unspecified atom stereocenters. The Morgan fingerprint density at radius 2 is 1.80 bits per heavy atom. The van der Waals surface area contributed by atoms with Gasteiger partial charge in [0.25, 0.3) is 0 Å². The number of hydrogen-bond donors (Lipinski definition) is 1. The molecule has 3 rings (SSSR count). The Labute approximate surface area is 117 Å². The van der Waals surface area contributed by atoms with Gasteiger partial charge in [-0.2, -0.15) is 0 Å². The van der Waals surface area contributed by atoms with E-state index in [1.807, 2.05) is 0 Å². The van der Waals surface area contributed by atoms with Gasteiger partial charge in [0.1, 0.15) is 5.75 Å². The zero-order valence-electron chi connectivity index (χ0n) is 11.5. The van der Waals surface area contributed by atoms with E-state index in [0.717, 1.165) is 31.7 Å². The van der Waals surface area contributed by atoms with Crippen molar-refractivity contribution in [3.05, 3.63) is 30.2 Å². The Hall–Kier alpha value is -1.92. The molecule has 0 amide bonds. The van der Waals surface area contributed by atoms with E-state index in [1.54, 1.807) is 24.3 Å². The molecule has 0 bridgehead atoms. The quantitative estimate of drug-likeness (QED) is 0.907. The van der Waals surface area contributed by atoms with Crippen molar-refractivity contribution in [3.8, 4) is 17.2 Å². The highest BCUT2D eigenvalue weighted by Crippen LogP contribution is 2.21. The van der Waals surface area contributed by atoms with E-state index in [2.05, 4.69) is 27.0 Å². The average molecular weight is 274 g/mol. The van der Waals surface area contributed by atoms with Crippen LogP contribution in [0.15, 0.2) is 28.7 Å². The summed E-state index contributed by atoms with van der Waals surface area (Å²) >= 11 is 0. The van der Waals surface area contributed by atoms with Crippen LogP contribution in [0, 0.1) is 0 Å². The molecule has 20 heavy (non-hydrogen) atoms. The minimum atomic E-state index is 0.228. The van der Waals surface area contributed by atoms with Crippen LogP contribution in [0.2, 0.25) is 0 Å². The molecule has 1 aromatic heterocycles. The van der Waals surface area contributed by atoms with E-state index in [4.69, 9.17) is 4.42 Å². The standard InChI is InChI=1S/C14H18N4O2/c1-17-6-8-18(9-7-17)10-13-15-16-14(20-13)11-2-4-12(19)5-3-11/h2-5,19H,6-10H2,1H3. The Morgan fingerprint density at radius 1 is 1.10 bits per heavy atom. The van der Waals surface area contributed by atoms with Gasteiger partial charge >= 0.3 is 0 Å². The van der Waals surface area contributed by atoms with Crippen LogP contribution in [0.4, 0.5) is 0 Å². The van der Waals surface area contributed by atoms with E-state index < -0.39 is 0 Å². The van der Waals surface area contributed by atoms with Gasteiger partial charge in [0.05, 0.1) is 6.54 Å². The van der Waals surface area contributed by atoms with Gasteiger partial charge in [-0.15, -0.1) is 10.2 Å². The average Bonchev–Trinajstić information content (AvgIpc) is 2.91. The number of likely N-dealkylation sites (N-methyl/N-ethyl adjacent to an activating group) is 1. The molecule has 1 fully saturated rings. The summed E-state index contributed by atoms with van der Waals surface area (Å²) in [5, 5.41) is 17.4. The minimum Gasteiger partial charge on any atom is -0.508 e. The predicted octanol–water partition coefficient (Wildman–Crippen LogP) is 1.19. The van der Waals surface area contributed by atoms with Crippen LogP contribution in [-0.4, -0.2) is 58.3 Å². The topological polar surface area (TPSA) is 65.6 Å². The Balaban J connectivity index is 1.66. The molecule has 2 heterocycles. The van der Waals surface area contributed by atoms with Gasteiger partial charge in [-0.25, -0.2) is 0 Å². The smallest absolute Gasteiger partial charge is 0.247 e. The Bertz CT molecular complexity index is 559. The number of hydrogen-bond acceptors (Lipinski definition) is 6. The maximum absolute atomic E-state index is 9.27. The van der Waals surface area contributed by atoms with Crippen molar-refractivity contribution in [1.82, 2.24) is 20.0 Å². The molecular formula is C14H18N4O2. The lowest BCUT2D eigenvalue weighted by molar-refractivity contribution is 0.138. The maximum atomic E-state index is 9.27. The summed E-state index contributed by atoms with van der Waals surface area (Å²) in [6, 6.07) is 6.75. The number of rotatable bonds is 3. The molecule has 0 saturated carbocycles. The van der Waals surface area contributed by atoms with E-state index in [9.17, 15) is 5.11 Å². The molecule has 6 nitrogen and oxygen atoms in total. The lowest BCUT2D eigenvalue weighted by atomic mass is 10.2. The molecule has 106 valence electrons. The first kappa shape index (κ1) is 13.1. The highest BCUT2D eigenvalue weighted by Gasteiger charge is 2.17. The highest BCUT2D eigenvalue weighted by atomic mass is 16.4. The number of phenols is 1. The molecule has 1 saturated heterocycles. The fourth-order valence-electron chi connectivity index (χ4n) is 2.24. The predicted molar refractivity (Wildman–Crippen MR) is 74.2 cm³/mol. The highest BCUT2D eigenvalue weighted by molar-refractivity contribution is 5.53. The lowest BCUT2D eigenvalue weighted by Gasteiger charge is -2.31. The van der Waals surface area contributed by atoms with Gasteiger partial charge in [0.15, 0.2) is 0 Å². The van der Waals surface area contributed by atoms with Crippen LogP contribution >= 0.6 is 0 Å². The maximum Gasteiger partial charge on any atom is 0.247 e. The van der Waals surface area contributed by atoms with Crippen molar-refractivity contribution in [3.63, 3.8) is 0 Å². The van der Waals surface area contributed by atoms with Crippen molar-refractivity contribution in [1.29, 1.82) is 0 Å². The van der Waals surface area contributed by atoms with Crippen LogP contribution < -0.4 is 0 Å². The molecule has 1 aliphatic rings. The summed E-state index contributed by atoms with van der Waals surface area (Å²) in [7, 11) is 2.13. The molecule has 0 radical (unpaired) electrons. The second-order valence-electron chi connectivity index (χ2n) is 5.13. The summed E-state index contributed by atoms with van der Waals surface area (Å²) in [5.74, 6) is 1.36. The molecule has 0 atom stereocenters. The third kappa shape index (κ3) is 2.97. The van der Waals surface area contributed by atoms with E-state index in [-0.39, 0.29) is 5.75 Å². The SMILES string of the molecule is CN1CCN(Cc2nnc(-c3ccc(O)cc3)o2)CC1. The Kier molecular flexibility index (Phi) is 3.66. The summed E-state index contributed by atoms with van der Waals surface area (Å²) in [5.41, 5.74) is 0.819. The lowest BCUT2D eigenvalue weighted by Crippen LogP contribution is -2.43. The van der Waals surface area contributed by atoms with Gasteiger partial charge in [0.2, 0.25) is 11.8 Å². The first-order valence-electron chi connectivity index (χ1n) is 6.73. The fourth-order valence-corrected chi connectivity index (χ4v) is 2.24. The van der Waals surface area contributed by atoms with Gasteiger partial charge in [-0.1, -0.05) is 0 Å². The fraction of sp³-hybridized carbons (Fsp3) is 0.429. The van der Waals surface area contributed by atoms with Crippen molar-refractivity contribution in [2.24, 2.45) is 0 Å². The number of nitrogens with zero attached hydrogens (tertiary/aromatic N) is 4. The van der Waals surface area contributed by atoms with Gasteiger partial charge in [-0.3, -0.25) is 4.90 Å². The first-order chi connectivity index (χ1) is 9.70. The second kappa shape index (κ2) is 5.60. The molecule has 2 aromatic rings. The van der Waals surface area contributed by atoms with E-state index in [0.29, 0.717) is 18.3 Å². The van der Waals surface area contributed by atoms with E-state index in [1.165, 1.54) is 0 Å². The number of piperazine rings is 1. The van der Waals surface area contributed by atoms with Gasteiger partial charge < -0.3 is 14.4 Å². The third-order valence-electron chi connectivity index (χ3n) is 3.54. The molecule has 0 spiro atoms. The van der Waals surface area contributed by atoms with Gasteiger partial charge in [0, 0.05) is 31.7 Å². The minimum absolute atomic E-state index is 0.228. The third-order valence-corrected chi connectivity index (χ3v) is 3.54. The van der Waals surface area contributed by atoms with E-state index >= 15 is 0 Å². The van der Waals surface area contributed by atoms with Crippen molar-refractivity contribution < 1.29 is 9.52 Å². The first-order valence-corrected chi connectivity index (χ1v) is 6.73. The Morgan fingerprint density at radius 3 is 2.50 bits per heavy atom. The number of aromatic nitrogens is 2. The molecule has 0 aliphatic carbocycles. The summed E-state index contributed by atoms with van der Waals surface area (Å²) in [6.07, 6.45) is 0. The molecular weight excluding hydrogens is 256 g/mol. The number of phenolic OH excluding ortho intramolecular Hbond substituents is 1. The summed E-state index contributed by atoms with van der Waals surface area (Å²) < 4.78 is 5.68. The van der Waals surface area contributed by atoms with Crippen LogP contribution in [0.25, 0.3) is 11.5 Å². The molecule has 6 heteroatoms. The van der Waals surface area contributed by atoms with Gasteiger partial charge in [-0.05, 0) is 31.3 Å². The van der Waals surface area contributed by atoms with Crippen molar-refractivity contribution in [2.75, 3.05) is 33.2 Å². The molecule has 1 aromatic carbocycles. The number of benzene rings is 1. The zero-order chi connectivity index (χ0) is 13.9. The monoisotopic (exact) mass is 274 g/mol. The van der Waals surface area contributed by atoms with Crippen molar-refractivity contribution in [2.45, 2.75) is 6.54 Å². The summed E-state index contributed by atoms with van der Waals surface area (Å²) in [4.78, 5) is 4.63. The second-order valence-corrected chi connectivity index (χ2v) is 5.13. The summed E-state index contributed by atoms with van der Waals surface area (Å²) in [6.45, 7) is 4.87. The van der Waals surface area contributed by atoms with Crippen LogP contribution in [0.1, 0.15) is 5.89 Å². The van der Waals surface area contributed by atoms with Crippen LogP contribution in [0.5, 0.6) is 5.75 Å². The van der Waals surface area contributed by atoms with Crippen LogP contribution in [0.3, 0.4) is 0 Å². The zero-order valence-corrected chi connectivity index (χ0v) is 11.5. The largest absolute Gasteiger partial charge is 0.508 e. The van der Waals surface area contributed by atoms with Crippen LogP contribution in [-0.2, 0) is 6.54 Å². The molecule has 1 N–H and O–H groups in total. The normalized spacial score (nSPS) is 17.4. The van der Waals surface area contributed by atoms with Crippen molar-refractivity contribution >= 4 is 0 Å². The molecule has 1 aliphatic heterocycles. The number of aromatic hydroxyl groups is 1.